The number of hydrogen-bond donors (Lipinski definition) is 0. The SMILES string of the molecule is CCCCC1=CC(OC(=O)C(C)C)c2cccc3cccc1c23. The van der Waals surface area contributed by atoms with Crippen LogP contribution in [0.3, 0.4) is 0 Å². The molecule has 0 aliphatic heterocycles. The van der Waals surface area contributed by atoms with Crippen LogP contribution >= 0.6 is 0 Å². The van der Waals surface area contributed by atoms with E-state index in [-0.39, 0.29) is 18.0 Å². The standard InChI is InChI=1S/C21H24O2/c1-4-5-8-16-13-19(23-21(22)14(2)3)18-12-7-10-15-9-6-11-17(16)20(15)18/h6-7,9-14,19H,4-5,8H2,1-3H3. The lowest BCUT2D eigenvalue weighted by Gasteiger charge is -2.26. The summed E-state index contributed by atoms with van der Waals surface area (Å²) < 4.78 is 5.79. The summed E-state index contributed by atoms with van der Waals surface area (Å²) >= 11 is 0. The minimum atomic E-state index is -0.268. The summed E-state index contributed by atoms with van der Waals surface area (Å²) in [6.45, 7) is 5.96. The molecule has 2 heteroatoms. The Hall–Kier alpha value is -2.09. The minimum Gasteiger partial charge on any atom is -0.453 e. The summed E-state index contributed by atoms with van der Waals surface area (Å²) in [5.74, 6) is -0.253. The van der Waals surface area contributed by atoms with Gasteiger partial charge < -0.3 is 4.74 Å². The lowest BCUT2D eigenvalue weighted by molar-refractivity contribution is -0.150. The van der Waals surface area contributed by atoms with E-state index in [1.54, 1.807) is 0 Å². The first kappa shape index (κ1) is 15.8. The molecule has 2 nitrogen and oxygen atoms in total. The van der Waals surface area contributed by atoms with Crippen molar-refractivity contribution in [1.29, 1.82) is 0 Å². The number of carbonyl (C=O) groups excluding carboxylic acids is 1. The van der Waals surface area contributed by atoms with Gasteiger partial charge in [0.2, 0.25) is 0 Å². The molecule has 2 aromatic rings. The van der Waals surface area contributed by atoms with Crippen LogP contribution in [-0.2, 0) is 9.53 Å². The largest absolute Gasteiger partial charge is 0.453 e. The molecular formula is C21H24O2. The Bertz CT molecular complexity index is 750. The average Bonchev–Trinajstić information content (AvgIpc) is 2.56. The molecule has 1 aliphatic rings. The first-order valence-electron chi connectivity index (χ1n) is 8.55. The van der Waals surface area contributed by atoms with Crippen LogP contribution in [0.15, 0.2) is 42.5 Å². The topological polar surface area (TPSA) is 26.3 Å². The second-order valence-corrected chi connectivity index (χ2v) is 6.56. The van der Waals surface area contributed by atoms with E-state index in [1.165, 1.54) is 21.9 Å². The molecule has 1 unspecified atom stereocenters. The van der Waals surface area contributed by atoms with Crippen LogP contribution in [0, 0.1) is 5.92 Å². The number of allylic oxidation sites excluding steroid dienone is 1. The quantitative estimate of drug-likeness (QED) is 0.665. The van der Waals surface area contributed by atoms with E-state index in [2.05, 4.69) is 43.3 Å². The second-order valence-electron chi connectivity index (χ2n) is 6.56. The first-order chi connectivity index (χ1) is 11.1. The van der Waals surface area contributed by atoms with Crippen molar-refractivity contribution in [2.45, 2.75) is 46.1 Å². The zero-order valence-electron chi connectivity index (χ0n) is 14.1. The van der Waals surface area contributed by atoms with E-state index < -0.39 is 0 Å². The molecule has 2 aromatic carbocycles. The minimum absolute atomic E-state index is 0.112. The summed E-state index contributed by atoms with van der Waals surface area (Å²) in [6, 6.07) is 12.7. The number of carbonyl (C=O) groups is 1. The summed E-state index contributed by atoms with van der Waals surface area (Å²) in [7, 11) is 0. The van der Waals surface area contributed by atoms with Gasteiger partial charge >= 0.3 is 5.97 Å². The normalized spacial score (nSPS) is 16.5. The fourth-order valence-electron chi connectivity index (χ4n) is 3.18. The summed E-state index contributed by atoms with van der Waals surface area (Å²) in [4.78, 5) is 12.1. The van der Waals surface area contributed by atoms with Crippen LogP contribution in [0.1, 0.15) is 57.3 Å². The van der Waals surface area contributed by atoms with Crippen molar-refractivity contribution in [3.8, 4) is 0 Å². The van der Waals surface area contributed by atoms with Crippen molar-refractivity contribution in [3.63, 3.8) is 0 Å². The zero-order valence-corrected chi connectivity index (χ0v) is 14.1. The third-order valence-electron chi connectivity index (χ3n) is 4.46. The molecule has 3 rings (SSSR count). The maximum absolute atomic E-state index is 12.1. The van der Waals surface area contributed by atoms with Crippen LogP contribution in [0.5, 0.6) is 0 Å². The zero-order chi connectivity index (χ0) is 16.4. The molecule has 1 atom stereocenters. The highest BCUT2D eigenvalue weighted by Crippen LogP contribution is 2.41. The monoisotopic (exact) mass is 308 g/mol. The third kappa shape index (κ3) is 3.03. The molecule has 0 heterocycles. The smallest absolute Gasteiger partial charge is 0.309 e. The Balaban J connectivity index is 2.09. The van der Waals surface area contributed by atoms with Crippen LogP contribution in [0.2, 0.25) is 0 Å². The highest BCUT2D eigenvalue weighted by molar-refractivity contribution is 5.98. The highest BCUT2D eigenvalue weighted by atomic mass is 16.5. The Kier molecular flexibility index (Phi) is 4.51. The van der Waals surface area contributed by atoms with Gasteiger partial charge in [-0.05, 0) is 40.8 Å². The lowest BCUT2D eigenvalue weighted by atomic mass is 9.85. The molecule has 0 spiro atoms. The molecule has 120 valence electrons. The molecule has 0 amide bonds. The number of rotatable bonds is 5. The molecule has 23 heavy (non-hydrogen) atoms. The van der Waals surface area contributed by atoms with Gasteiger partial charge in [0.1, 0.15) is 6.10 Å². The lowest BCUT2D eigenvalue weighted by Crippen LogP contribution is -2.17. The van der Waals surface area contributed by atoms with Gasteiger partial charge in [-0.3, -0.25) is 4.79 Å². The van der Waals surface area contributed by atoms with Crippen LogP contribution in [-0.4, -0.2) is 5.97 Å². The summed E-state index contributed by atoms with van der Waals surface area (Å²) in [6.07, 6.45) is 5.21. The summed E-state index contributed by atoms with van der Waals surface area (Å²) in [5.41, 5.74) is 3.70. The van der Waals surface area contributed by atoms with Crippen LogP contribution in [0.25, 0.3) is 16.3 Å². The Labute approximate surface area is 138 Å². The van der Waals surface area contributed by atoms with Crippen molar-refractivity contribution in [1.82, 2.24) is 0 Å². The molecule has 0 saturated heterocycles. The maximum Gasteiger partial charge on any atom is 0.309 e. The van der Waals surface area contributed by atoms with Gasteiger partial charge in [-0.15, -0.1) is 0 Å². The number of hydrogen-bond acceptors (Lipinski definition) is 2. The van der Waals surface area contributed by atoms with Gasteiger partial charge in [0, 0.05) is 5.56 Å². The molecular weight excluding hydrogens is 284 g/mol. The highest BCUT2D eigenvalue weighted by Gasteiger charge is 2.25. The van der Waals surface area contributed by atoms with E-state index in [4.69, 9.17) is 4.74 Å². The molecule has 0 saturated carbocycles. The van der Waals surface area contributed by atoms with Gasteiger partial charge in [-0.2, -0.15) is 0 Å². The van der Waals surface area contributed by atoms with Gasteiger partial charge in [0.05, 0.1) is 5.92 Å². The van der Waals surface area contributed by atoms with Crippen molar-refractivity contribution < 1.29 is 9.53 Å². The molecule has 0 fully saturated rings. The van der Waals surface area contributed by atoms with E-state index in [1.807, 2.05) is 19.9 Å². The van der Waals surface area contributed by atoms with E-state index >= 15 is 0 Å². The number of unbranched alkanes of at least 4 members (excludes halogenated alkanes) is 1. The molecule has 0 radical (unpaired) electrons. The molecule has 0 bridgehead atoms. The Morgan fingerprint density at radius 2 is 1.91 bits per heavy atom. The van der Waals surface area contributed by atoms with Crippen LogP contribution in [0.4, 0.5) is 0 Å². The molecule has 0 N–H and O–H groups in total. The van der Waals surface area contributed by atoms with Gasteiger partial charge in [0.25, 0.3) is 0 Å². The molecule has 1 aliphatic carbocycles. The third-order valence-corrected chi connectivity index (χ3v) is 4.46. The van der Waals surface area contributed by atoms with Crippen molar-refractivity contribution in [2.75, 3.05) is 0 Å². The predicted molar refractivity (Wildman–Crippen MR) is 95.1 cm³/mol. The predicted octanol–water partition coefficient (Wildman–Crippen LogP) is 5.67. The fraction of sp³-hybridized carbons (Fsp3) is 0.381. The van der Waals surface area contributed by atoms with Gasteiger partial charge in [-0.25, -0.2) is 0 Å². The van der Waals surface area contributed by atoms with E-state index in [0.29, 0.717) is 0 Å². The first-order valence-corrected chi connectivity index (χ1v) is 8.55. The maximum atomic E-state index is 12.1. The van der Waals surface area contributed by atoms with Crippen LogP contribution < -0.4 is 0 Å². The van der Waals surface area contributed by atoms with Crippen molar-refractivity contribution in [2.24, 2.45) is 5.92 Å². The average molecular weight is 308 g/mol. The van der Waals surface area contributed by atoms with Crippen molar-refractivity contribution in [3.05, 3.63) is 53.6 Å². The van der Waals surface area contributed by atoms with Gasteiger partial charge in [0.15, 0.2) is 0 Å². The Morgan fingerprint density at radius 3 is 2.61 bits per heavy atom. The summed E-state index contributed by atoms with van der Waals surface area (Å²) in [5, 5.41) is 2.46. The number of ether oxygens (including phenoxy) is 1. The van der Waals surface area contributed by atoms with Crippen molar-refractivity contribution >= 4 is 22.3 Å². The fourth-order valence-corrected chi connectivity index (χ4v) is 3.18. The van der Waals surface area contributed by atoms with E-state index in [9.17, 15) is 4.79 Å². The van der Waals surface area contributed by atoms with E-state index in [0.717, 1.165) is 24.8 Å². The molecule has 0 aromatic heterocycles. The Morgan fingerprint density at radius 1 is 1.17 bits per heavy atom. The van der Waals surface area contributed by atoms with Gasteiger partial charge in [-0.1, -0.05) is 63.6 Å². The number of benzene rings is 2. The number of esters is 1. The second kappa shape index (κ2) is 6.57.